The van der Waals surface area contributed by atoms with E-state index >= 15 is 0 Å². The molecule has 0 saturated heterocycles. The van der Waals surface area contributed by atoms with Crippen molar-refractivity contribution < 1.29 is 0 Å². The van der Waals surface area contributed by atoms with E-state index in [0.29, 0.717) is 0 Å². The van der Waals surface area contributed by atoms with Crippen LogP contribution in [0, 0.1) is 0 Å². The number of aromatic amines is 1. The summed E-state index contributed by atoms with van der Waals surface area (Å²) in [4.78, 5) is 8.99. The molecule has 2 aliphatic heterocycles. The van der Waals surface area contributed by atoms with Crippen LogP contribution in [0.4, 0.5) is 17.1 Å². The molecule has 42 heavy (non-hydrogen) atoms. The van der Waals surface area contributed by atoms with E-state index < -0.39 is 0 Å². The summed E-state index contributed by atoms with van der Waals surface area (Å²) >= 11 is 1.87. The van der Waals surface area contributed by atoms with Gasteiger partial charge >= 0.3 is 0 Å². The molecule has 0 unspecified atom stereocenters. The van der Waals surface area contributed by atoms with Crippen LogP contribution >= 0.6 is 11.8 Å². The van der Waals surface area contributed by atoms with E-state index in [1.54, 1.807) is 0 Å². The van der Waals surface area contributed by atoms with E-state index in [4.69, 9.17) is 0 Å². The molecule has 0 fully saturated rings. The Labute approximate surface area is 247 Å². The van der Waals surface area contributed by atoms with Gasteiger partial charge in [-0.1, -0.05) is 120 Å². The Morgan fingerprint density at radius 1 is 0.548 bits per heavy atom. The number of fused-ring (bicyclic) bond motifs is 10. The third kappa shape index (κ3) is 2.97. The van der Waals surface area contributed by atoms with Crippen LogP contribution in [0.25, 0.3) is 54.5 Å². The summed E-state index contributed by atoms with van der Waals surface area (Å²) in [5.41, 5.74) is 11.2. The number of anilines is 3. The van der Waals surface area contributed by atoms with Gasteiger partial charge in [0, 0.05) is 37.2 Å². The molecule has 0 bridgehead atoms. The third-order valence-corrected chi connectivity index (χ3v) is 10.1. The number of benzene rings is 7. The Morgan fingerprint density at radius 2 is 1.29 bits per heavy atom. The summed E-state index contributed by atoms with van der Waals surface area (Å²) in [6.07, 6.45) is 0. The van der Waals surface area contributed by atoms with E-state index in [9.17, 15) is 0 Å². The van der Waals surface area contributed by atoms with Gasteiger partial charge in [-0.2, -0.15) is 0 Å². The van der Waals surface area contributed by atoms with Crippen molar-refractivity contribution in [2.75, 3.05) is 4.90 Å². The molecule has 4 heteroatoms. The molecule has 0 amide bonds. The second-order valence-electron chi connectivity index (χ2n) is 11.2. The summed E-state index contributed by atoms with van der Waals surface area (Å²) in [7, 11) is 2.41. The van der Waals surface area contributed by atoms with E-state index in [0.717, 1.165) is 0 Å². The SMILES string of the molecule is [B]1c2cccc3c2N(c2ccccc2S3)c2cc3ccccc3c(-c3cccc4c3[nH]c3c5ccccc5ccc43)c21. The first kappa shape index (κ1) is 22.7. The molecule has 1 aromatic heterocycles. The average molecular weight is 549 g/mol. The second kappa shape index (κ2) is 8.31. The molecule has 8 aromatic rings. The fourth-order valence-electron chi connectivity index (χ4n) is 7.20. The highest BCUT2D eigenvalue weighted by Crippen LogP contribution is 2.52. The molecular formula is C38H22BN2S. The zero-order valence-electron chi connectivity index (χ0n) is 22.6. The number of nitrogens with zero attached hydrogens (tertiary/aromatic N) is 1. The van der Waals surface area contributed by atoms with Crippen LogP contribution < -0.4 is 15.8 Å². The zero-order valence-corrected chi connectivity index (χ0v) is 23.4. The summed E-state index contributed by atoms with van der Waals surface area (Å²) in [6.45, 7) is 0. The fourth-order valence-corrected chi connectivity index (χ4v) is 8.30. The first-order chi connectivity index (χ1) is 20.8. The van der Waals surface area contributed by atoms with Crippen molar-refractivity contribution in [2.45, 2.75) is 9.79 Å². The quantitative estimate of drug-likeness (QED) is 0.206. The maximum absolute atomic E-state index is 3.91. The number of aromatic nitrogens is 1. The number of hydrogen-bond donors (Lipinski definition) is 1. The molecule has 193 valence electrons. The molecule has 1 radical (unpaired) electrons. The lowest BCUT2D eigenvalue weighted by Crippen LogP contribution is -2.42. The zero-order chi connectivity index (χ0) is 27.4. The lowest BCUT2D eigenvalue weighted by Gasteiger charge is -2.40. The lowest BCUT2D eigenvalue weighted by molar-refractivity contribution is 1.18. The second-order valence-corrected chi connectivity index (χ2v) is 12.3. The summed E-state index contributed by atoms with van der Waals surface area (Å²) < 4.78 is 0. The first-order valence-electron chi connectivity index (χ1n) is 14.4. The van der Waals surface area contributed by atoms with Crippen LogP contribution in [0.1, 0.15) is 0 Å². The standard InChI is InChI=1S/C38H22BN2S/c1-4-12-25-22(9-1)19-20-27-26-13-7-14-28(37(26)40-36(25)27)34-24-11-3-2-10-23(24)21-31-35(34)39-29-15-8-18-33-38(29)41(31)30-16-5-6-17-32(30)42-33/h1-21,40H. The maximum atomic E-state index is 3.91. The van der Waals surface area contributed by atoms with Crippen LogP contribution in [0.2, 0.25) is 0 Å². The van der Waals surface area contributed by atoms with Crippen molar-refractivity contribution in [3.05, 3.63) is 127 Å². The predicted molar refractivity (Wildman–Crippen MR) is 180 cm³/mol. The van der Waals surface area contributed by atoms with E-state index in [-0.39, 0.29) is 0 Å². The van der Waals surface area contributed by atoms with Crippen molar-refractivity contribution >= 4 is 90.4 Å². The van der Waals surface area contributed by atoms with Crippen LogP contribution in [0.3, 0.4) is 0 Å². The molecule has 0 aliphatic carbocycles. The van der Waals surface area contributed by atoms with Gasteiger partial charge in [0.15, 0.2) is 7.28 Å². The normalized spacial score (nSPS) is 13.3. The van der Waals surface area contributed by atoms with Gasteiger partial charge < -0.3 is 9.88 Å². The van der Waals surface area contributed by atoms with Gasteiger partial charge in [0.25, 0.3) is 0 Å². The number of nitrogens with one attached hydrogen (secondary N) is 1. The minimum atomic E-state index is 1.19. The van der Waals surface area contributed by atoms with Crippen molar-refractivity contribution in [3.63, 3.8) is 0 Å². The molecule has 10 rings (SSSR count). The van der Waals surface area contributed by atoms with E-state index in [1.807, 2.05) is 11.8 Å². The number of hydrogen-bond acceptors (Lipinski definition) is 2. The van der Waals surface area contributed by atoms with Gasteiger partial charge in [0.05, 0.1) is 22.4 Å². The molecule has 0 saturated carbocycles. The monoisotopic (exact) mass is 549 g/mol. The van der Waals surface area contributed by atoms with Gasteiger partial charge in [-0.15, -0.1) is 0 Å². The number of H-pyrrole nitrogens is 1. The Bertz CT molecular complexity index is 2440. The van der Waals surface area contributed by atoms with Crippen molar-refractivity contribution in [1.29, 1.82) is 0 Å². The molecule has 1 N–H and O–H groups in total. The largest absolute Gasteiger partial charge is 0.353 e. The molecule has 2 nitrogen and oxygen atoms in total. The van der Waals surface area contributed by atoms with Crippen LogP contribution in [-0.2, 0) is 0 Å². The molecule has 7 aromatic carbocycles. The number of rotatable bonds is 1. The molecule has 3 heterocycles. The number of para-hydroxylation sites is 3. The van der Waals surface area contributed by atoms with E-state index in [2.05, 4.69) is 145 Å². The van der Waals surface area contributed by atoms with Gasteiger partial charge in [-0.05, 0) is 51.5 Å². The summed E-state index contributed by atoms with van der Waals surface area (Å²) in [6, 6.07) is 46.7. The van der Waals surface area contributed by atoms with Gasteiger partial charge in [0.2, 0.25) is 0 Å². The van der Waals surface area contributed by atoms with Crippen molar-refractivity contribution in [3.8, 4) is 11.1 Å². The van der Waals surface area contributed by atoms with Crippen LogP contribution in [0.15, 0.2) is 137 Å². The fraction of sp³-hybridized carbons (Fsp3) is 0. The first-order valence-corrected chi connectivity index (χ1v) is 15.2. The summed E-state index contributed by atoms with van der Waals surface area (Å²) in [5.74, 6) is 0. The van der Waals surface area contributed by atoms with Crippen LogP contribution in [0.5, 0.6) is 0 Å². The molecular weight excluding hydrogens is 527 g/mol. The highest BCUT2D eigenvalue weighted by molar-refractivity contribution is 7.99. The Kier molecular flexibility index (Phi) is 4.50. The average Bonchev–Trinajstić information content (AvgIpc) is 3.43. The van der Waals surface area contributed by atoms with Gasteiger partial charge in [-0.3, -0.25) is 0 Å². The topological polar surface area (TPSA) is 19.0 Å². The smallest absolute Gasteiger partial charge is 0.197 e. The van der Waals surface area contributed by atoms with Crippen molar-refractivity contribution in [1.82, 2.24) is 4.98 Å². The van der Waals surface area contributed by atoms with Crippen LogP contribution in [-0.4, -0.2) is 12.3 Å². The highest BCUT2D eigenvalue weighted by atomic mass is 32.2. The third-order valence-electron chi connectivity index (χ3n) is 8.99. The molecule has 0 spiro atoms. The molecule has 0 atom stereocenters. The minimum absolute atomic E-state index is 1.19. The Morgan fingerprint density at radius 3 is 2.24 bits per heavy atom. The van der Waals surface area contributed by atoms with Crippen molar-refractivity contribution in [2.24, 2.45) is 0 Å². The minimum Gasteiger partial charge on any atom is -0.353 e. The van der Waals surface area contributed by atoms with Gasteiger partial charge in [-0.25, -0.2) is 0 Å². The molecule has 2 aliphatic rings. The lowest BCUT2D eigenvalue weighted by atomic mass is 9.57. The maximum Gasteiger partial charge on any atom is 0.197 e. The Hall–Kier alpha value is -4.93. The predicted octanol–water partition coefficient (Wildman–Crippen LogP) is 9.20. The summed E-state index contributed by atoms with van der Waals surface area (Å²) in [5, 5.41) is 7.54. The van der Waals surface area contributed by atoms with Gasteiger partial charge in [0.1, 0.15) is 0 Å². The van der Waals surface area contributed by atoms with E-state index in [1.165, 1.54) is 92.3 Å². The Balaban J connectivity index is 1.34. The highest BCUT2D eigenvalue weighted by Gasteiger charge is 2.34.